The largest absolute Gasteiger partial charge is 0.458 e. The minimum Gasteiger partial charge on any atom is -0.458 e. The van der Waals surface area contributed by atoms with Crippen LogP contribution in [0, 0.1) is 36.0 Å². The molecule has 0 amide bonds. The first-order chi connectivity index (χ1) is 16.4. The second-order valence-corrected chi connectivity index (χ2v) is 11.6. The van der Waals surface area contributed by atoms with Crippen molar-refractivity contribution in [2.24, 2.45) is 29.1 Å². The first-order valence-corrected chi connectivity index (χ1v) is 13.1. The number of fused-ring (bicyclic) bond motifs is 1. The molecule has 1 saturated heterocycles. The van der Waals surface area contributed by atoms with Crippen molar-refractivity contribution in [2.45, 2.75) is 98.4 Å². The summed E-state index contributed by atoms with van der Waals surface area (Å²) in [4.78, 5) is 30.6. The van der Waals surface area contributed by atoms with Crippen LogP contribution in [0.25, 0.3) is 6.08 Å². The van der Waals surface area contributed by atoms with Crippen LogP contribution in [0.15, 0.2) is 23.9 Å². The Morgan fingerprint density at radius 1 is 1.11 bits per heavy atom. The first kappa shape index (κ1) is 27.5. The number of ether oxygens (including phenoxy) is 1. The molecule has 0 spiro atoms. The number of pyridine rings is 1. The number of carbonyl (C=O) groups excluding carboxylic acids is 2. The van der Waals surface area contributed by atoms with E-state index in [1.807, 2.05) is 45.2 Å². The number of nitrogens with zero attached hydrogens (tertiary/aromatic N) is 1. The van der Waals surface area contributed by atoms with Gasteiger partial charge in [0.1, 0.15) is 11.9 Å². The minimum absolute atomic E-state index is 0.00287. The number of hydrogen-bond acceptors (Lipinski definition) is 6. The molecular formula is C29H43NO5. The molecule has 0 bridgehead atoms. The summed E-state index contributed by atoms with van der Waals surface area (Å²) in [7, 11) is 0. The number of hydrogen-bond donors (Lipinski definition) is 2. The molecule has 194 valence electrons. The molecule has 35 heavy (non-hydrogen) atoms. The molecule has 1 aliphatic carbocycles. The van der Waals surface area contributed by atoms with Crippen molar-refractivity contribution >= 4 is 17.8 Å². The molecule has 6 nitrogen and oxygen atoms in total. The summed E-state index contributed by atoms with van der Waals surface area (Å²) in [5, 5.41) is 21.7. The monoisotopic (exact) mass is 485 g/mol. The lowest BCUT2D eigenvalue weighted by Crippen LogP contribution is -2.45. The van der Waals surface area contributed by atoms with E-state index in [4.69, 9.17) is 4.74 Å². The van der Waals surface area contributed by atoms with Gasteiger partial charge in [-0.1, -0.05) is 46.6 Å². The minimum atomic E-state index is -1.20. The second kappa shape index (κ2) is 11.3. The number of aliphatic hydroxyl groups excluding tert-OH is 2. The third-order valence-corrected chi connectivity index (χ3v) is 8.25. The van der Waals surface area contributed by atoms with E-state index in [0.29, 0.717) is 11.8 Å². The van der Waals surface area contributed by atoms with E-state index >= 15 is 0 Å². The van der Waals surface area contributed by atoms with E-state index in [-0.39, 0.29) is 24.2 Å². The van der Waals surface area contributed by atoms with Crippen LogP contribution in [-0.4, -0.2) is 45.3 Å². The van der Waals surface area contributed by atoms with Crippen LogP contribution in [0.5, 0.6) is 0 Å². The van der Waals surface area contributed by atoms with Crippen molar-refractivity contribution < 1.29 is 24.5 Å². The van der Waals surface area contributed by atoms with Crippen LogP contribution in [-0.2, 0) is 14.3 Å². The SMILES string of the molecule is CC(=Cc1ccc(C)cn1)[C@H]1C[C@@H]2C[C@H]2CCC[C@H](C)[C@H](O)[C@@H](C)C(=O)C(C)(C)[C@@H](O)CC(=O)O1. The van der Waals surface area contributed by atoms with Gasteiger partial charge in [0.2, 0.25) is 0 Å². The molecule has 2 fully saturated rings. The van der Waals surface area contributed by atoms with Crippen molar-refractivity contribution in [2.75, 3.05) is 0 Å². The standard InChI is InChI=1S/C29H43NO5/c1-17-10-11-23(30-16-17)12-19(3)24-14-22-13-21(22)9-7-8-18(2)27(33)20(4)28(34)29(5,6)25(31)15-26(32)35-24/h10-12,16,18,20-22,24-25,27,31,33H,7-9,13-15H2,1-6H3/t18-,20+,21+,22-,24+,25-,27-/m0/s1. The van der Waals surface area contributed by atoms with Gasteiger partial charge in [0.25, 0.3) is 0 Å². The molecule has 2 heterocycles. The van der Waals surface area contributed by atoms with Crippen LogP contribution in [0.1, 0.15) is 84.4 Å². The Labute approximate surface area is 210 Å². The predicted molar refractivity (Wildman–Crippen MR) is 136 cm³/mol. The average molecular weight is 486 g/mol. The molecular weight excluding hydrogens is 442 g/mol. The fourth-order valence-electron chi connectivity index (χ4n) is 5.34. The zero-order chi connectivity index (χ0) is 25.9. The number of ketones is 1. The van der Waals surface area contributed by atoms with Crippen LogP contribution < -0.4 is 0 Å². The Bertz CT molecular complexity index is 922. The van der Waals surface area contributed by atoms with Gasteiger partial charge in [0, 0.05) is 12.1 Å². The van der Waals surface area contributed by atoms with Crippen LogP contribution >= 0.6 is 0 Å². The molecule has 2 aliphatic rings. The highest BCUT2D eigenvalue weighted by Crippen LogP contribution is 2.47. The molecule has 0 aromatic carbocycles. The average Bonchev–Trinajstić information content (AvgIpc) is 3.55. The van der Waals surface area contributed by atoms with Gasteiger partial charge in [-0.25, -0.2) is 0 Å². The Hall–Kier alpha value is -2.05. The number of cyclic esters (lactones) is 1. The molecule has 0 unspecified atom stereocenters. The third kappa shape index (κ3) is 7.01. The molecule has 1 saturated carbocycles. The summed E-state index contributed by atoms with van der Waals surface area (Å²) in [6.45, 7) is 11.0. The lowest BCUT2D eigenvalue weighted by atomic mass is 9.73. The summed E-state index contributed by atoms with van der Waals surface area (Å²) < 4.78 is 5.91. The highest BCUT2D eigenvalue weighted by atomic mass is 16.5. The van der Waals surface area contributed by atoms with Gasteiger partial charge >= 0.3 is 5.97 Å². The second-order valence-electron chi connectivity index (χ2n) is 11.6. The number of aromatic nitrogens is 1. The normalized spacial score (nSPS) is 35.2. The Morgan fingerprint density at radius 3 is 2.49 bits per heavy atom. The summed E-state index contributed by atoms with van der Waals surface area (Å²) in [5.41, 5.74) is 1.65. The Morgan fingerprint density at radius 2 is 1.83 bits per heavy atom. The fraction of sp³-hybridized carbons (Fsp3) is 0.690. The van der Waals surface area contributed by atoms with Gasteiger partial charge in [0.15, 0.2) is 0 Å². The maximum Gasteiger partial charge on any atom is 0.309 e. The van der Waals surface area contributed by atoms with E-state index in [1.165, 1.54) is 0 Å². The number of Topliss-reactive ketones (excluding diaryl/α,β-unsaturated/α-hetero) is 1. The van der Waals surface area contributed by atoms with E-state index in [0.717, 1.165) is 48.9 Å². The summed E-state index contributed by atoms with van der Waals surface area (Å²) in [6.07, 6.45) is 5.96. The molecule has 3 rings (SSSR count). The number of esters is 1. The van der Waals surface area contributed by atoms with Crippen LogP contribution in [0.4, 0.5) is 0 Å². The Kier molecular flexibility index (Phi) is 8.92. The fourth-order valence-corrected chi connectivity index (χ4v) is 5.34. The molecule has 7 atom stereocenters. The number of aliphatic hydroxyl groups is 2. The van der Waals surface area contributed by atoms with E-state index < -0.39 is 29.5 Å². The van der Waals surface area contributed by atoms with Crippen LogP contribution in [0.2, 0.25) is 0 Å². The molecule has 1 aromatic heterocycles. The van der Waals surface area contributed by atoms with Crippen molar-refractivity contribution in [3.05, 3.63) is 35.2 Å². The zero-order valence-electron chi connectivity index (χ0n) is 22.2. The van der Waals surface area contributed by atoms with Crippen LogP contribution in [0.3, 0.4) is 0 Å². The lowest BCUT2D eigenvalue weighted by molar-refractivity contribution is -0.154. The van der Waals surface area contributed by atoms with Gasteiger partial charge in [-0.15, -0.1) is 0 Å². The van der Waals surface area contributed by atoms with Gasteiger partial charge in [-0.3, -0.25) is 14.6 Å². The van der Waals surface area contributed by atoms with Crippen molar-refractivity contribution in [1.29, 1.82) is 0 Å². The topological polar surface area (TPSA) is 96.7 Å². The summed E-state index contributed by atoms with van der Waals surface area (Å²) in [5.74, 6) is -0.271. The quantitative estimate of drug-likeness (QED) is 0.579. The zero-order valence-corrected chi connectivity index (χ0v) is 22.2. The summed E-state index contributed by atoms with van der Waals surface area (Å²) in [6, 6.07) is 3.95. The molecule has 1 aromatic rings. The van der Waals surface area contributed by atoms with Crippen molar-refractivity contribution in [3.63, 3.8) is 0 Å². The van der Waals surface area contributed by atoms with E-state index in [9.17, 15) is 19.8 Å². The number of rotatable bonds is 2. The van der Waals surface area contributed by atoms with Gasteiger partial charge in [-0.05, 0) is 74.1 Å². The third-order valence-electron chi connectivity index (χ3n) is 8.25. The maximum absolute atomic E-state index is 13.2. The lowest BCUT2D eigenvalue weighted by Gasteiger charge is -2.34. The number of aryl methyl sites for hydroxylation is 1. The highest BCUT2D eigenvalue weighted by Gasteiger charge is 2.43. The highest BCUT2D eigenvalue weighted by molar-refractivity contribution is 5.88. The first-order valence-electron chi connectivity index (χ1n) is 13.1. The van der Waals surface area contributed by atoms with Gasteiger partial charge in [-0.2, -0.15) is 0 Å². The molecule has 0 radical (unpaired) electrons. The van der Waals surface area contributed by atoms with Gasteiger partial charge in [0.05, 0.1) is 29.7 Å². The van der Waals surface area contributed by atoms with E-state index in [2.05, 4.69) is 4.98 Å². The molecule has 1 aliphatic heterocycles. The van der Waals surface area contributed by atoms with Gasteiger partial charge < -0.3 is 14.9 Å². The predicted octanol–water partition coefficient (Wildman–Crippen LogP) is 4.89. The Balaban J connectivity index is 1.82. The number of carbonyl (C=O) groups is 2. The molecule has 6 heteroatoms. The maximum atomic E-state index is 13.2. The van der Waals surface area contributed by atoms with Crippen molar-refractivity contribution in [3.8, 4) is 0 Å². The summed E-state index contributed by atoms with van der Waals surface area (Å²) >= 11 is 0. The van der Waals surface area contributed by atoms with E-state index in [1.54, 1.807) is 20.8 Å². The van der Waals surface area contributed by atoms with Crippen molar-refractivity contribution in [1.82, 2.24) is 4.98 Å². The smallest absolute Gasteiger partial charge is 0.309 e. The molecule has 2 N–H and O–H groups in total.